The zero-order valence-electron chi connectivity index (χ0n) is 13.0. The zero-order valence-corrected chi connectivity index (χ0v) is 13.0. The van der Waals surface area contributed by atoms with Crippen LogP contribution >= 0.6 is 0 Å². The van der Waals surface area contributed by atoms with Gasteiger partial charge < -0.3 is 10.1 Å². The molecule has 0 amide bonds. The van der Waals surface area contributed by atoms with Crippen molar-refractivity contribution in [2.45, 2.75) is 34.1 Å². The van der Waals surface area contributed by atoms with Crippen LogP contribution in [0.1, 0.15) is 35.6 Å². The maximum atomic E-state index is 5.04. The summed E-state index contributed by atoms with van der Waals surface area (Å²) in [6, 6.07) is 4.56. The van der Waals surface area contributed by atoms with Crippen molar-refractivity contribution < 1.29 is 4.74 Å². The molecule has 0 aliphatic heterocycles. The average molecular weight is 261 g/mol. The van der Waals surface area contributed by atoms with Crippen molar-refractivity contribution in [2.75, 3.05) is 26.8 Å². The Morgan fingerprint density at radius 1 is 1.16 bits per heavy atom. The molecule has 0 aliphatic rings. The number of rotatable bonds is 7. The summed E-state index contributed by atoms with van der Waals surface area (Å²) in [6.07, 6.45) is 3.40. The summed E-state index contributed by atoms with van der Waals surface area (Å²) >= 11 is 0. The number of ether oxygens (including phenoxy) is 1. The number of aryl methyl sites for hydroxylation is 3. The highest BCUT2D eigenvalue weighted by molar-refractivity contribution is 5.58. The molecule has 1 N–H and O–H groups in total. The van der Waals surface area contributed by atoms with Crippen LogP contribution < -0.4 is 5.32 Å². The lowest BCUT2D eigenvalue weighted by atomic mass is 9.98. The fourth-order valence-electron chi connectivity index (χ4n) is 2.06. The molecule has 1 aromatic carbocycles. The SMILES string of the molecule is CCC(=Cc1cc(C)c(C)cc1C)CNCCOC. The van der Waals surface area contributed by atoms with Crippen molar-refractivity contribution in [3.63, 3.8) is 0 Å². The van der Waals surface area contributed by atoms with E-state index in [0.717, 1.165) is 26.1 Å². The van der Waals surface area contributed by atoms with Crippen molar-refractivity contribution in [3.8, 4) is 0 Å². The van der Waals surface area contributed by atoms with E-state index in [-0.39, 0.29) is 0 Å². The molecule has 106 valence electrons. The van der Waals surface area contributed by atoms with Crippen molar-refractivity contribution in [1.82, 2.24) is 5.32 Å². The Bertz CT molecular complexity index is 435. The molecule has 0 radical (unpaired) electrons. The van der Waals surface area contributed by atoms with Gasteiger partial charge in [0, 0.05) is 20.2 Å². The number of methoxy groups -OCH3 is 1. The van der Waals surface area contributed by atoms with Gasteiger partial charge in [-0.2, -0.15) is 0 Å². The van der Waals surface area contributed by atoms with Crippen molar-refractivity contribution in [1.29, 1.82) is 0 Å². The van der Waals surface area contributed by atoms with Gasteiger partial charge in [-0.15, -0.1) is 0 Å². The van der Waals surface area contributed by atoms with E-state index in [1.165, 1.54) is 27.8 Å². The predicted octanol–water partition coefficient (Wildman–Crippen LogP) is 3.64. The first-order valence-electron chi connectivity index (χ1n) is 7.05. The Kier molecular flexibility index (Phi) is 6.82. The summed E-state index contributed by atoms with van der Waals surface area (Å²) in [5.74, 6) is 0. The molecule has 0 saturated heterocycles. The first-order chi connectivity index (χ1) is 9.08. The smallest absolute Gasteiger partial charge is 0.0587 e. The monoisotopic (exact) mass is 261 g/mol. The predicted molar refractivity (Wildman–Crippen MR) is 83.7 cm³/mol. The lowest BCUT2D eigenvalue weighted by Gasteiger charge is -2.10. The van der Waals surface area contributed by atoms with Crippen LogP contribution in [0.2, 0.25) is 0 Å². The molecule has 0 aliphatic carbocycles. The van der Waals surface area contributed by atoms with Gasteiger partial charge in [-0.1, -0.05) is 30.7 Å². The molecule has 1 rings (SSSR count). The molecule has 0 spiro atoms. The van der Waals surface area contributed by atoms with Gasteiger partial charge >= 0.3 is 0 Å². The third-order valence-electron chi connectivity index (χ3n) is 3.53. The van der Waals surface area contributed by atoms with E-state index in [9.17, 15) is 0 Å². The molecule has 0 saturated carbocycles. The van der Waals surface area contributed by atoms with Crippen LogP contribution in [0, 0.1) is 20.8 Å². The van der Waals surface area contributed by atoms with Crippen LogP contribution in [-0.2, 0) is 4.74 Å². The molecule has 1 aromatic rings. The second kappa shape index (κ2) is 8.13. The minimum absolute atomic E-state index is 0.764. The molecular formula is C17H27NO. The molecular weight excluding hydrogens is 234 g/mol. The maximum Gasteiger partial charge on any atom is 0.0587 e. The van der Waals surface area contributed by atoms with Gasteiger partial charge in [0.15, 0.2) is 0 Å². The first kappa shape index (κ1) is 15.9. The van der Waals surface area contributed by atoms with Gasteiger partial charge in [-0.05, 0) is 49.4 Å². The fourth-order valence-corrected chi connectivity index (χ4v) is 2.06. The Hall–Kier alpha value is -1.12. The Balaban J connectivity index is 2.77. The molecule has 0 bridgehead atoms. The highest BCUT2D eigenvalue weighted by Crippen LogP contribution is 2.18. The van der Waals surface area contributed by atoms with E-state index in [1.807, 2.05) is 0 Å². The van der Waals surface area contributed by atoms with Gasteiger partial charge in [0.2, 0.25) is 0 Å². The number of hydrogen-bond acceptors (Lipinski definition) is 2. The lowest BCUT2D eigenvalue weighted by molar-refractivity contribution is 0.200. The largest absolute Gasteiger partial charge is 0.383 e. The van der Waals surface area contributed by atoms with E-state index >= 15 is 0 Å². The summed E-state index contributed by atoms with van der Waals surface area (Å²) < 4.78 is 5.04. The van der Waals surface area contributed by atoms with Gasteiger partial charge in [0.05, 0.1) is 6.61 Å². The Morgan fingerprint density at radius 3 is 2.47 bits per heavy atom. The molecule has 0 fully saturated rings. The quantitative estimate of drug-likeness (QED) is 0.757. The van der Waals surface area contributed by atoms with Crippen LogP contribution in [0.4, 0.5) is 0 Å². The lowest BCUT2D eigenvalue weighted by Crippen LogP contribution is -2.21. The van der Waals surface area contributed by atoms with Crippen LogP contribution in [0.5, 0.6) is 0 Å². The van der Waals surface area contributed by atoms with E-state index in [4.69, 9.17) is 4.74 Å². The average Bonchev–Trinajstić information content (AvgIpc) is 2.39. The molecule has 0 atom stereocenters. The van der Waals surface area contributed by atoms with Crippen LogP contribution in [0.3, 0.4) is 0 Å². The number of hydrogen-bond donors (Lipinski definition) is 1. The Morgan fingerprint density at radius 2 is 1.84 bits per heavy atom. The van der Waals surface area contributed by atoms with Crippen LogP contribution in [0.25, 0.3) is 6.08 Å². The van der Waals surface area contributed by atoms with Crippen molar-refractivity contribution >= 4 is 6.08 Å². The summed E-state index contributed by atoms with van der Waals surface area (Å²) in [7, 11) is 1.73. The third-order valence-corrected chi connectivity index (χ3v) is 3.53. The second-order valence-electron chi connectivity index (χ2n) is 5.12. The van der Waals surface area contributed by atoms with Gasteiger partial charge in [0.25, 0.3) is 0 Å². The highest BCUT2D eigenvalue weighted by atomic mass is 16.5. The third kappa shape index (κ3) is 5.17. The molecule has 0 unspecified atom stereocenters. The summed E-state index contributed by atoms with van der Waals surface area (Å²) in [4.78, 5) is 0. The minimum Gasteiger partial charge on any atom is -0.383 e. The number of nitrogens with one attached hydrogen (secondary N) is 1. The van der Waals surface area contributed by atoms with E-state index in [2.05, 4.69) is 51.2 Å². The zero-order chi connectivity index (χ0) is 14.3. The Labute approximate surface area is 117 Å². The molecule has 0 heterocycles. The van der Waals surface area contributed by atoms with Crippen molar-refractivity contribution in [2.24, 2.45) is 0 Å². The van der Waals surface area contributed by atoms with Gasteiger partial charge in [-0.3, -0.25) is 0 Å². The van der Waals surface area contributed by atoms with Gasteiger partial charge in [0.1, 0.15) is 0 Å². The number of benzene rings is 1. The second-order valence-corrected chi connectivity index (χ2v) is 5.12. The minimum atomic E-state index is 0.764. The maximum absolute atomic E-state index is 5.04. The van der Waals surface area contributed by atoms with E-state index in [0.29, 0.717) is 0 Å². The topological polar surface area (TPSA) is 21.3 Å². The van der Waals surface area contributed by atoms with Gasteiger partial charge in [-0.25, -0.2) is 0 Å². The molecule has 2 heteroatoms. The van der Waals surface area contributed by atoms with Crippen LogP contribution in [0.15, 0.2) is 17.7 Å². The molecule has 0 aromatic heterocycles. The normalized spacial score (nSPS) is 11.9. The summed E-state index contributed by atoms with van der Waals surface area (Å²) in [6.45, 7) is 11.3. The van der Waals surface area contributed by atoms with E-state index in [1.54, 1.807) is 7.11 Å². The summed E-state index contributed by atoms with van der Waals surface area (Å²) in [5, 5.41) is 3.41. The van der Waals surface area contributed by atoms with Crippen LogP contribution in [-0.4, -0.2) is 26.8 Å². The molecule has 19 heavy (non-hydrogen) atoms. The fraction of sp³-hybridized carbons (Fsp3) is 0.529. The standard InChI is InChI=1S/C17H27NO/c1-6-16(12-18-7-8-19-5)11-17-10-14(3)13(2)9-15(17)4/h9-11,18H,6-8,12H2,1-5H3. The van der Waals surface area contributed by atoms with Crippen molar-refractivity contribution in [3.05, 3.63) is 40.0 Å². The highest BCUT2D eigenvalue weighted by Gasteiger charge is 2.01. The first-order valence-corrected chi connectivity index (χ1v) is 7.05. The summed E-state index contributed by atoms with van der Waals surface area (Å²) in [5.41, 5.74) is 6.85. The van der Waals surface area contributed by atoms with E-state index < -0.39 is 0 Å². The molecule has 2 nitrogen and oxygen atoms in total.